The summed E-state index contributed by atoms with van der Waals surface area (Å²) >= 11 is 2.26. The summed E-state index contributed by atoms with van der Waals surface area (Å²) in [4.78, 5) is 22.1. The molecule has 0 aliphatic carbocycles. The van der Waals surface area contributed by atoms with Gasteiger partial charge in [0.2, 0.25) is 5.91 Å². The first-order valence-corrected chi connectivity index (χ1v) is 8.64. The fourth-order valence-electron chi connectivity index (χ4n) is 1.89. The fraction of sp³-hybridized carbons (Fsp3) is 0.500. The van der Waals surface area contributed by atoms with Crippen LogP contribution in [0.4, 0.5) is 0 Å². The van der Waals surface area contributed by atoms with Crippen LogP contribution in [0.25, 0.3) is 0 Å². The zero-order valence-corrected chi connectivity index (χ0v) is 15.1. The third kappa shape index (κ3) is 9.52. The second kappa shape index (κ2) is 11.4. The number of nitrogens with two attached hydrogens (primary N) is 1. The van der Waals surface area contributed by atoms with Gasteiger partial charge in [-0.05, 0) is 59.5 Å². The molecule has 0 bridgehead atoms. The van der Waals surface area contributed by atoms with Crippen LogP contribution in [0.3, 0.4) is 0 Å². The van der Waals surface area contributed by atoms with Crippen molar-refractivity contribution in [1.82, 2.24) is 5.32 Å². The Bertz CT molecular complexity index is 493. The summed E-state index contributed by atoms with van der Waals surface area (Å²) < 4.78 is 6.43. The van der Waals surface area contributed by atoms with Crippen molar-refractivity contribution in [3.63, 3.8) is 0 Å². The molecule has 0 heterocycles. The number of carbonyl (C=O) groups excluding carboxylic acids is 1. The monoisotopic (exact) mass is 434 g/mol. The quantitative estimate of drug-likeness (QED) is 0.363. The van der Waals surface area contributed by atoms with Crippen molar-refractivity contribution in [2.45, 2.75) is 31.7 Å². The van der Waals surface area contributed by atoms with Gasteiger partial charge in [-0.2, -0.15) is 0 Å². The van der Waals surface area contributed by atoms with Crippen molar-refractivity contribution in [3.8, 4) is 0 Å². The van der Waals surface area contributed by atoms with Crippen molar-refractivity contribution < 1.29 is 19.4 Å². The number of rotatable bonds is 11. The molecule has 1 aromatic rings. The Morgan fingerprint density at radius 2 is 1.96 bits per heavy atom. The van der Waals surface area contributed by atoms with Gasteiger partial charge in [0.05, 0.1) is 6.61 Å². The number of halogens is 1. The van der Waals surface area contributed by atoms with E-state index in [0.717, 1.165) is 12.8 Å². The second-order valence-corrected chi connectivity index (χ2v) is 6.42. The van der Waals surface area contributed by atoms with Gasteiger partial charge in [-0.1, -0.05) is 12.1 Å². The SMILES string of the molecule is NC(CCOCCNC(=O)CCCc1ccc(I)cc1)C(=O)O. The maximum atomic E-state index is 11.7. The van der Waals surface area contributed by atoms with E-state index in [4.69, 9.17) is 15.6 Å². The minimum absolute atomic E-state index is 0.00125. The number of carboxylic acid groups (broad SMARTS) is 1. The van der Waals surface area contributed by atoms with E-state index in [1.54, 1.807) is 0 Å². The molecule has 0 aromatic heterocycles. The summed E-state index contributed by atoms with van der Waals surface area (Å²) in [6, 6.07) is 7.38. The average molecular weight is 434 g/mol. The molecule has 1 amide bonds. The van der Waals surface area contributed by atoms with Crippen molar-refractivity contribution in [2.24, 2.45) is 5.73 Å². The molecule has 1 aromatic carbocycles. The van der Waals surface area contributed by atoms with Crippen LogP contribution < -0.4 is 11.1 Å². The largest absolute Gasteiger partial charge is 0.480 e. The van der Waals surface area contributed by atoms with Crippen molar-refractivity contribution in [2.75, 3.05) is 19.8 Å². The number of amides is 1. The number of carboxylic acids is 1. The highest BCUT2D eigenvalue weighted by atomic mass is 127. The van der Waals surface area contributed by atoms with Crippen LogP contribution >= 0.6 is 22.6 Å². The number of ether oxygens (including phenoxy) is 1. The Morgan fingerprint density at radius 3 is 2.61 bits per heavy atom. The minimum atomic E-state index is -1.03. The van der Waals surface area contributed by atoms with Gasteiger partial charge in [0.15, 0.2) is 0 Å². The van der Waals surface area contributed by atoms with E-state index in [1.807, 2.05) is 0 Å². The van der Waals surface area contributed by atoms with E-state index >= 15 is 0 Å². The van der Waals surface area contributed by atoms with E-state index < -0.39 is 12.0 Å². The molecule has 0 spiro atoms. The van der Waals surface area contributed by atoms with Crippen molar-refractivity contribution in [1.29, 1.82) is 0 Å². The molecule has 0 aliphatic rings. The summed E-state index contributed by atoms with van der Waals surface area (Å²) in [6.07, 6.45) is 2.43. The van der Waals surface area contributed by atoms with Gasteiger partial charge >= 0.3 is 5.97 Å². The predicted molar refractivity (Wildman–Crippen MR) is 96.2 cm³/mol. The number of carbonyl (C=O) groups is 2. The first kappa shape index (κ1) is 19.9. The lowest BCUT2D eigenvalue weighted by Crippen LogP contribution is -2.32. The lowest BCUT2D eigenvalue weighted by Gasteiger charge is -2.08. The molecule has 0 fully saturated rings. The number of benzene rings is 1. The van der Waals surface area contributed by atoms with E-state index in [1.165, 1.54) is 9.13 Å². The van der Waals surface area contributed by atoms with Crippen LogP contribution in [0.2, 0.25) is 0 Å². The molecule has 23 heavy (non-hydrogen) atoms. The molecule has 128 valence electrons. The molecule has 1 rings (SSSR count). The number of aryl methyl sites for hydroxylation is 1. The molecule has 0 saturated heterocycles. The van der Waals surface area contributed by atoms with Gasteiger partial charge in [0, 0.05) is 23.1 Å². The minimum Gasteiger partial charge on any atom is -0.480 e. The highest BCUT2D eigenvalue weighted by Gasteiger charge is 2.10. The zero-order valence-electron chi connectivity index (χ0n) is 13.0. The van der Waals surface area contributed by atoms with Gasteiger partial charge in [-0.3, -0.25) is 9.59 Å². The lowest BCUT2D eigenvalue weighted by molar-refractivity contribution is -0.139. The van der Waals surface area contributed by atoms with Crippen LogP contribution in [0.15, 0.2) is 24.3 Å². The number of aliphatic carboxylic acids is 1. The van der Waals surface area contributed by atoms with Crippen LogP contribution in [0.5, 0.6) is 0 Å². The van der Waals surface area contributed by atoms with Crippen LogP contribution in [0.1, 0.15) is 24.8 Å². The Kier molecular flexibility index (Phi) is 9.81. The third-order valence-electron chi connectivity index (χ3n) is 3.24. The third-order valence-corrected chi connectivity index (χ3v) is 3.96. The summed E-state index contributed by atoms with van der Waals surface area (Å²) in [5.74, 6) is -1.03. The first-order chi connectivity index (χ1) is 11.0. The van der Waals surface area contributed by atoms with Crippen LogP contribution in [-0.4, -0.2) is 42.8 Å². The summed E-state index contributed by atoms with van der Waals surface area (Å²) in [6.45, 7) is 1.05. The van der Waals surface area contributed by atoms with Crippen molar-refractivity contribution >= 4 is 34.5 Å². The Balaban J connectivity index is 2.00. The maximum Gasteiger partial charge on any atom is 0.320 e. The van der Waals surface area contributed by atoms with E-state index in [-0.39, 0.29) is 18.9 Å². The molecule has 4 N–H and O–H groups in total. The number of nitrogens with one attached hydrogen (secondary N) is 1. The van der Waals surface area contributed by atoms with Crippen molar-refractivity contribution in [3.05, 3.63) is 33.4 Å². The highest BCUT2D eigenvalue weighted by Crippen LogP contribution is 2.09. The summed E-state index contributed by atoms with van der Waals surface area (Å²) in [7, 11) is 0. The van der Waals surface area contributed by atoms with Gasteiger partial charge in [-0.15, -0.1) is 0 Å². The standard InChI is InChI=1S/C16H23IN2O4/c17-13-6-4-12(5-7-13)2-1-3-15(20)19-9-11-23-10-8-14(18)16(21)22/h4-7,14H,1-3,8-11,18H2,(H,19,20)(H,21,22). The van der Waals surface area contributed by atoms with Crippen LogP contribution in [-0.2, 0) is 20.7 Å². The van der Waals surface area contributed by atoms with E-state index in [2.05, 4.69) is 52.2 Å². The normalized spacial score (nSPS) is 11.9. The Labute approximate surface area is 149 Å². The molecule has 0 radical (unpaired) electrons. The Hall–Kier alpha value is -1.19. The summed E-state index contributed by atoms with van der Waals surface area (Å²) in [5.41, 5.74) is 6.57. The molecular formula is C16H23IN2O4. The fourth-order valence-corrected chi connectivity index (χ4v) is 2.25. The predicted octanol–water partition coefficient (Wildman–Crippen LogP) is 1.55. The average Bonchev–Trinajstić information content (AvgIpc) is 2.52. The zero-order chi connectivity index (χ0) is 17.1. The molecule has 1 unspecified atom stereocenters. The second-order valence-electron chi connectivity index (χ2n) is 5.18. The molecule has 6 nitrogen and oxygen atoms in total. The van der Waals surface area contributed by atoms with Crippen LogP contribution in [0, 0.1) is 3.57 Å². The lowest BCUT2D eigenvalue weighted by atomic mass is 10.1. The first-order valence-electron chi connectivity index (χ1n) is 7.56. The summed E-state index contributed by atoms with van der Waals surface area (Å²) in [5, 5.41) is 11.4. The number of hydrogen-bond acceptors (Lipinski definition) is 4. The van der Waals surface area contributed by atoms with Gasteiger partial charge in [-0.25, -0.2) is 0 Å². The highest BCUT2D eigenvalue weighted by molar-refractivity contribution is 14.1. The topological polar surface area (TPSA) is 102 Å². The molecule has 0 saturated carbocycles. The molecule has 7 heteroatoms. The molecular weight excluding hydrogens is 411 g/mol. The number of hydrogen-bond donors (Lipinski definition) is 3. The molecule has 1 atom stereocenters. The molecule has 0 aliphatic heterocycles. The van der Waals surface area contributed by atoms with Gasteiger partial charge < -0.3 is 20.9 Å². The van der Waals surface area contributed by atoms with E-state index in [9.17, 15) is 9.59 Å². The van der Waals surface area contributed by atoms with E-state index in [0.29, 0.717) is 19.6 Å². The van der Waals surface area contributed by atoms with Gasteiger partial charge in [0.25, 0.3) is 0 Å². The Morgan fingerprint density at radius 1 is 1.26 bits per heavy atom. The smallest absolute Gasteiger partial charge is 0.320 e. The maximum absolute atomic E-state index is 11.7. The van der Waals surface area contributed by atoms with Gasteiger partial charge in [0.1, 0.15) is 6.04 Å².